The lowest BCUT2D eigenvalue weighted by Crippen LogP contribution is -2.28. The van der Waals surface area contributed by atoms with Crippen LogP contribution >= 0.6 is 0 Å². The van der Waals surface area contributed by atoms with Crippen LogP contribution in [-0.4, -0.2) is 36.4 Å². The Morgan fingerprint density at radius 3 is 0.789 bits per heavy atom. The Labute approximate surface area is 468 Å². The number of esters is 2. The molecule has 0 bridgehead atoms. The minimum absolute atomic E-state index is 0.0818. The lowest BCUT2D eigenvalue weighted by molar-refractivity contribution is -0.161. The highest BCUT2D eigenvalue weighted by molar-refractivity contribution is 5.70. The summed E-state index contributed by atoms with van der Waals surface area (Å²) in [5, 5.41) is 9.68. The molecule has 0 rings (SSSR count). The van der Waals surface area contributed by atoms with E-state index in [1.54, 1.807) is 0 Å². The standard InChI is InChI=1S/C71H112O5/c1-3-5-7-9-11-13-15-17-19-21-23-25-27-29-30-31-32-33-34-35-36-37-38-39-40-42-44-46-48-50-52-54-56-58-60-62-64-66-71(74)76-69(67-72)68-75-70(73)65-63-61-59-57-55-53-51-49-47-45-43-41-28-26-24-22-20-18-16-14-12-10-8-6-4-2/h5-8,11-14,17-20,23-26,29-30,32-33,35-36,38-39,41-44,69,72H,3-4,9-10,15-16,21-22,27-28,31,34,37,40,45-68H2,1-2H3/b7-5-,8-6-,13-11-,14-12-,19-17-,20-18-,25-23-,26-24-,30-29-,33-32-,36-35-,39-38-,43-41-,44-42-. The lowest BCUT2D eigenvalue weighted by atomic mass is 10.1. The fourth-order valence-electron chi connectivity index (χ4n) is 7.99. The molecule has 426 valence electrons. The summed E-state index contributed by atoms with van der Waals surface area (Å²) in [6.45, 7) is 3.90. The summed E-state index contributed by atoms with van der Waals surface area (Å²) in [6, 6.07) is 0. The zero-order valence-electron chi connectivity index (χ0n) is 48.7. The fourth-order valence-corrected chi connectivity index (χ4v) is 7.99. The first-order valence-corrected chi connectivity index (χ1v) is 30.7. The quantitative estimate of drug-likeness (QED) is 0.0373. The van der Waals surface area contributed by atoms with E-state index in [9.17, 15) is 14.7 Å². The van der Waals surface area contributed by atoms with E-state index in [-0.39, 0.29) is 25.2 Å². The van der Waals surface area contributed by atoms with Crippen molar-refractivity contribution in [2.24, 2.45) is 0 Å². The summed E-state index contributed by atoms with van der Waals surface area (Å²) >= 11 is 0. The Morgan fingerprint density at radius 2 is 0.526 bits per heavy atom. The molecule has 1 unspecified atom stereocenters. The first-order chi connectivity index (χ1) is 37.6. The van der Waals surface area contributed by atoms with Crippen molar-refractivity contribution < 1.29 is 24.2 Å². The predicted molar refractivity (Wildman–Crippen MR) is 333 cm³/mol. The highest BCUT2D eigenvalue weighted by Crippen LogP contribution is 2.14. The molecule has 0 amide bonds. The Kier molecular flexibility index (Phi) is 60.5. The molecule has 0 saturated heterocycles. The molecule has 0 aliphatic rings. The van der Waals surface area contributed by atoms with Crippen molar-refractivity contribution in [2.45, 2.75) is 251 Å². The topological polar surface area (TPSA) is 72.8 Å². The van der Waals surface area contributed by atoms with Gasteiger partial charge < -0.3 is 14.6 Å². The molecule has 5 nitrogen and oxygen atoms in total. The van der Waals surface area contributed by atoms with E-state index in [4.69, 9.17) is 9.47 Å². The van der Waals surface area contributed by atoms with Crippen LogP contribution in [0.15, 0.2) is 170 Å². The van der Waals surface area contributed by atoms with Gasteiger partial charge in [0.1, 0.15) is 6.61 Å². The lowest BCUT2D eigenvalue weighted by Gasteiger charge is -2.15. The van der Waals surface area contributed by atoms with Gasteiger partial charge in [-0.15, -0.1) is 0 Å². The summed E-state index contributed by atoms with van der Waals surface area (Å²) < 4.78 is 10.7. The van der Waals surface area contributed by atoms with Gasteiger partial charge in [-0.25, -0.2) is 0 Å². The molecule has 0 aromatic carbocycles. The highest BCUT2D eigenvalue weighted by atomic mass is 16.6. The Hall–Kier alpha value is -4.74. The van der Waals surface area contributed by atoms with Crippen LogP contribution < -0.4 is 0 Å². The number of unbranched alkanes of at least 4 members (excludes halogenated alkanes) is 18. The van der Waals surface area contributed by atoms with Crippen molar-refractivity contribution in [1.29, 1.82) is 0 Å². The summed E-state index contributed by atoms with van der Waals surface area (Å²) in [5.41, 5.74) is 0. The van der Waals surface area contributed by atoms with E-state index < -0.39 is 6.10 Å². The molecule has 0 aliphatic heterocycles. The largest absolute Gasteiger partial charge is 0.462 e. The van der Waals surface area contributed by atoms with Crippen LogP contribution in [0, 0.1) is 0 Å². The second kappa shape index (κ2) is 64.5. The summed E-state index contributed by atoms with van der Waals surface area (Å²) in [4.78, 5) is 24.6. The monoisotopic (exact) mass is 1040 g/mol. The molecule has 0 aromatic heterocycles. The number of aliphatic hydroxyl groups excluding tert-OH is 1. The normalized spacial score (nSPS) is 13.5. The van der Waals surface area contributed by atoms with Crippen molar-refractivity contribution in [3.63, 3.8) is 0 Å². The van der Waals surface area contributed by atoms with E-state index in [1.165, 1.54) is 83.5 Å². The van der Waals surface area contributed by atoms with Gasteiger partial charge in [0, 0.05) is 12.8 Å². The van der Waals surface area contributed by atoms with Crippen LogP contribution in [0.25, 0.3) is 0 Å². The second-order valence-corrected chi connectivity index (χ2v) is 19.7. The summed E-state index contributed by atoms with van der Waals surface area (Å²) in [5.74, 6) is -0.614. The summed E-state index contributed by atoms with van der Waals surface area (Å²) in [6.07, 6.45) is 100. The molecule has 0 spiro atoms. The third-order valence-corrected chi connectivity index (χ3v) is 12.5. The van der Waals surface area contributed by atoms with E-state index in [1.807, 2.05) is 0 Å². The molecular weight excluding hydrogens is 933 g/mol. The van der Waals surface area contributed by atoms with Gasteiger partial charge in [-0.2, -0.15) is 0 Å². The number of ether oxygens (including phenoxy) is 2. The highest BCUT2D eigenvalue weighted by Gasteiger charge is 2.16. The maximum absolute atomic E-state index is 12.3. The van der Waals surface area contributed by atoms with Crippen molar-refractivity contribution >= 4 is 11.9 Å². The molecular formula is C71H112O5. The van der Waals surface area contributed by atoms with Crippen LogP contribution in [0.3, 0.4) is 0 Å². The summed E-state index contributed by atoms with van der Waals surface area (Å²) in [7, 11) is 0. The van der Waals surface area contributed by atoms with Gasteiger partial charge in [0.05, 0.1) is 6.61 Å². The van der Waals surface area contributed by atoms with Crippen molar-refractivity contribution in [3.8, 4) is 0 Å². The molecule has 0 aliphatic carbocycles. The third-order valence-electron chi connectivity index (χ3n) is 12.5. The van der Waals surface area contributed by atoms with Crippen LogP contribution in [-0.2, 0) is 19.1 Å². The molecule has 1 atom stereocenters. The average Bonchev–Trinajstić information content (AvgIpc) is 3.42. The van der Waals surface area contributed by atoms with Gasteiger partial charge in [0.15, 0.2) is 6.10 Å². The molecule has 0 aromatic rings. The van der Waals surface area contributed by atoms with E-state index in [0.717, 1.165) is 135 Å². The number of aliphatic hydroxyl groups is 1. The number of rotatable bonds is 54. The first kappa shape index (κ1) is 71.3. The van der Waals surface area contributed by atoms with Crippen LogP contribution in [0.4, 0.5) is 0 Å². The van der Waals surface area contributed by atoms with Crippen molar-refractivity contribution in [3.05, 3.63) is 170 Å². The number of hydrogen-bond acceptors (Lipinski definition) is 5. The van der Waals surface area contributed by atoms with Gasteiger partial charge in [-0.1, -0.05) is 274 Å². The van der Waals surface area contributed by atoms with E-state index >= 15 is 0 Å². The number of carbonyl (C=O) groups excluding carboxylic acids is 2. The van der Waals surface area contributed by atoms with Crippen LogP contribution in [0.1, 0.15) is 245 Å². The van der Waals surface area contributed by atoms with E-state index in [2.05, 4.69) is 184 Å². The third kappa shape index (κ3) is 61.8. The Balaban J connectivity index is 3.60. The minimum atomic E-state index is -0.792. The van der Waals surface area contributed by atoms with Gasteiger partial charge in [-0.05, 0) is 128 Å². The van der Waals surface area contributed by atoms with Crippen molar-refractivity contribution in [2.75, 3.05) is 13.2 Å². The number of allylic oxidation sites excluding steroid dienone is 28. The van der Waals surface area contributed by atoms with Crippen molar-refractivity contribution in [1.82, 2.24) is 0 Å². The molecule has 0 fully saturated rings. The Bertz CT molecular complexity index is 1700. The van der Waals surface area contributed by atoms with Gasteiger partial charge in [0.25, 0.3) is 0 Å². The van der Waals surface area contributed by atoms with E-state index in [0.29, 0.717) is 12.8 Å². The van der Waals surface area contributed by atoms with Gasteiger partial charge in [-0.3, -0.25) is 9.59 Å². The van der Waals surface area contributed by atoms with Gasteiger partial charge in [0.2, 0.25) is 0 Å². The number of hydrogen-bond donors (Lipinski definition) is 1. The molecule has 0 radical (unpaired) electrons. The van der Waals surface area contributed by atoms with Gasteiger partial charge >= 0.3 is 11.9 Å². The maximum atomic E-state index is 12.3. The molecule has 0 heterocycles. The SMILES string of the molecule is CC/C=C\C/C=C\C/C=C\C/C=C\C/C=C\C/C=C\C/C=C\C/C=C\C/C=C\CCCCCCCCCCCC(=O)OC(CO)COC(=O)CCCCCCCCCCC/C=C\C/C=C\C/C=C\C/C=C\C/C=C\CC. The smallest absolute Gasteiger partial charge is 0.306 e. The molecule has 5 heteroatoms. The Morgan fingerprint density at radius 1 is 0.303 bits per heavy atom. The molecule has 0 saturated carbocycles. The predicted octanol–water partition coefficient (Wildman–Crippen LogP) is 21.3. The minimum Gasteiger partial charge on any atom is -0.462 e. The second-order valence-electron chi connectivity index (χ2n) is 19.7. The maximum Gasteiger partial charge on any atom is 0.306 e. The average molecular weight is 1050 g/mol. The zero-order chi connectivity index (χ0) is 54.8. The zero-order valence-corrected chi connectivity index (χ0v) is 48.7. The number of carbonyl (C=O) groups is 2. The molecule has 1 N–H and O–H groups in total. The van der Waals surface area contributed by atoms with Crippen LogP contribution in [0.5, 0.6) is 0 Å². The van der Waals surface area contributed by atoms with Crippen LogP contribution in [0.2, 0.25) is 0 Å². The molecule has 76 heavy (non-hydrogen) atoms. The first-order valence-electron chi connectivity index (χ1n) is 30.7. The fraction of sp³-hybridized carbons (Fsp3) is 0.577.